The number of carbonyl (C=O) groups is 4. The molecule has 0 spiro atoms. The lowest BCUT2D eigenvalue weighted by molar-refractivity contribution is -1.08. The number of aliphatic hydroxyl groups excluding tert-OH is 1. The highest BCUT2D eigenvalue weighted by Crippen LogP contribution is 2.48. The molecule has 1 aliphatic carbocycles. The summed E-state index contributed by atoms with van der Waals surface area (Å²) >= 11 is 0. The van der Waals surface area contributed by atoms with Gasteiger partial charge in [-0.25, -0.2) is 0 Å². The number of carboxylic acids is 1. The number of hydrogen-bond acceptors (Lipinski definition) is 6. The van der Waals surface area contributed by atoms with E-state index in [1.54, 1.807) is 26.0 Å². The number of nitrogens with zero attached hydrogens (tertiary/aromatic N) is 3. The van der Waals surface area contributed by atoms with Crippen LogP contribution in [0.1, 0.15) is 47.3 Å². The Morgan fingerprint density at radius 1 is 0.951 bits per heavy atom. The van der Waals surface area contributed by atoms with Crippen molar-refractivity contribution in [3.63, 3.8) is 0 Å². The number of ketones is 2. The normalized spacial score (nSPS) is 30.2. The monoisotopic (exact) mass is 556 g/mol. The van der Waals surface area contributed by atoms with Gasteiger partial charge in [0.15, 0.2) is 11.6 Å². The van der Waals surface area contributed by atoms with Crippen LogP contribution < -0.4 is 5.11 Å². The predicted molar refractivity (Wildman–Crippen MR) is 147 cm³/mol. The summed E-state index contributed by atoms with van der Waals surface area (Å²) in [7, 11) is 0. The highest BCUT2D eigenvalue weighted by Gasteiger charge is 2.55. The van der Waals surface area contributed by atoms with Crippen LogP contribution in [-0.4, -0.2) is 100 Å². The first-order valence-corrected chi connectivity index (χ1v) is 14.5. The minimum atomic E-state index is -1.42. The molecule has 5 aliphatic heterocycles. The molecule has 2 aromatic carbocycles. The van der Waals surface area contributed by atoms with E-state index in [1.165, 1.54) is 4.90 Å². The standard InChI is InChI=1S/C32H34N3O6/c1-18(36)16-34-7-10-35(11-8-34,12-9-34)17-20-3-5-22-25-14-21(4-6-23(25)30(38)26(22)13-20)24-15-27-28(19(2)37)31(39)33(27)29(24)32(40)41/h3-6,13-14,19,27-28,37H,7-12,15-17H2,1-2H3/q+1/t19-,27-,28-,34?,35?/m1/s1. The van der Waals surface area contributed by atoms with Gasteiger partial charge in [-0.3, -0.25) is 14.4 Å². The molecule has 212 valence electrons. The summed E-state index contributed by atoms with van der Waals surface area (Å²) in [6, 6.07) is 11.1. The third-order valence-corrected chi connectivity index (χ3v) is 10.4. The van der Waals surface area contributed by atoms with Gasteiger partial charge >= 0.3 is 0 Å². The molecule has 0 unspecified atom stereocenters. The third kappa shape index (κ3) is 3.86. The molecule has 1 amide bonds. The second-order valence-corrected chi connectivity index (χ2v) is 12.9. The SMILES string of the molecule is CC(=O)C[N+]12CC[N+](Cc3ccc4c(c3)C(=O)c3ccc(C5=C(C(=O)[O-])N6C(=O)[C@H]([C@@H](C)O)[C@H]6C5)cc3-4)(CC1)CC2. The average Bonchev–Trinajstić information content (AvgIpc) is 3.41. The fraction of sp³-hybridized carbons (Fsp3) is 0.438. The second kappa shape index (κ2) is 8.92. The van der Waals surface area contributed by atoms with Gasteiger partial charge in [0.25, 0.3) is 0 Å². The van der Waals surface area contributed by atoms with Crippen molar-refractivity contribution in [1.82, 2.24) is 4.90 Å². The molecular formula is C32H34N3O6+. The fourth-order valence-corrected chi connectivity index (χ4v) is 8.20. The molecule has 5 heterocycles. The number of quaternary nitrogens is 2. The number of hydrogen-bond donors (Lipinski definition) is 1. The van der Waals surface area contributed by atoms with E-state index in [2.05, 4.69) is 6.07 Å². The molecule has 0 radical (unpaired) electrons. The van der Waals surface area contributed by atoms with Crippen LogP contribution in [0.25, 0.3) is 16.7 Å². The van der Waals surface area contributed by atoms with Crippen LogP contribution in [0.3, 0.4) is 0 Å². The van der Waals surface area contributed by atoms with E-state index >= 15 is 0 Å². The Balaban J connectivity index is 1.16. The van der Waals surface area contributed by atoms with Gasteiger partial charge < -0.3 is 28.9 Å². The Morgan fingerprint density at radius 2 is 1.61 bits per heavy atom. The Morgan fingerprint density at radius 3 is 2.24 bits per heavy atom. The first-order chi connectivity index (χ1) is 19.5. The molecule has 4 saturated heterocycles. The molecule has 9 nitrogen and oxygen atoms in total. The van der Waals surface area contributed by atoms with Gasteiger partial charge in [0.2, 0.25) is 5.91 Å². The van der Waals surface area contributed by atoms with Crippen molar-refractivity contribution >= 4 is 29.0 Å². The number of aliphatic hydroxyl groups is 1. The number of carbonyl (C=O) groups excluding carboxylic acids is 4. The van der Waals surface area contributed by atoms with Crippen molar-refractivity contribution in [2.75, 3.05) is 45.8 Å². The summed E-state index contributed by atoms with van der Waals surface area (Å²) in [5.41, 5.74) is 4.98. The van der Waals surface area contributed by atoms with Gasteiger partial charge in [0, 0.05) is 23.6 Å². The predicted octanol–water partition coefficient (Wildman–Crippen LogP) is 0.720. The van der Waals surface area contributed by atoms with Gasteiger partial charge in [0.05, 0.1) is 29.7 Å². The maximum absolute atomic E-state index is 13.5. The molecular weight excluding hydrogens is 522 g/mol. The molecule has 1 N–H and O–H groups in total. The van der Waals surface area contributed by atoms with E-state index in [-0.39, 0.29) is 17.3 Å². The van der Waals surface area contributed by atoms with Crippen LogP contribution in [0.4, 0.5) is 0 Å². The molecule has 0 saturated carbocycles. The summed E-state index contributed by atoms with van der Waals surface area (Å²) in [5.74, 6) is -2.22. The van der Waals surface area contributed by atoms with Crippen LogP contribution in [0.15, 0.2) is 42.1 Å². The van der Waals surface area contributed by atoms with Gasteiger partial charge in [-0.05, 0) is 53.8 Å². The average molecular weight is 557 g/mol. The zero-order chi connectivity index (χ0) is 28.8. The number of aliphatic carboxylic acids is 1. The largest absolute Gasteiger partial charge is 0.543 e. The fourth-order valence-electron chi connectivity index (χ4n) is 8.20. The molecule has 3 atom stereocenters. The van der Waals surface area contributed by atoms with E-state index in [1.807, 2.05) is 18.2 Å². The third-order valence-electron chi connectivity index (χ3n) is 10.4. The van der Waals surface area contributed by atoms with Gasteiger partial charge in [-0.15, -0.1) is 0 Å². The Bertz CT molecular complexity index is 1570. The first-order valence-electron chi connectivity index (χ1n) is 14.5. The summed E-state index contributed by atoms with van der Waals surface area (Å²) in [6.07, 6.45) is -0.553. The molecule has 9 heteroatoms. The lowest BCUT2D eigenvalue weighted by Crippen LogP contribution is -2.75. The Labute approximate surface area is 238 Å². The number of fused-ring (bicyclic) bond motifs is 7. The molecule has 6 aliphatic rings. The number of benzene rings is 2. The quantitative estimate of drug-likeness (QED) is 0.339. The van der Waals surface area contributed by atoms with E-state index < -0.39 is 29.9 Å². The molecule has 2 bridgehead atoms. The van der Waals surface area contributed by atoms with Crippen molar-refractivity contribution in [3.05, 3.63) is 64.3 Å². The van der Waals surface area contributed by atoms with E-state index in [0.29, 0.717) is 35.2 Å². The van der Waals surface area contributed by atoms with Crippen LogP contribution in [0.2, 0.25) is 0 Å². The van der Waals surface area contributed by atoms with E-state index in [4.69, 9.17) is 0 Å². The van der Waals surface area contributed by atoms with Crippen molar-refractivity contribution in [1.29, 1.82) is 0 Å². The van der Waals surface area contributed by atoms with Gasteiger partial charge in [0.1, 0.15) is 52.4 Å². The summed E-state index contributed by atoms with van der Waals surface area (Å²) in [6.45, 7) is 10.9. The molecule has 4 fully saturated rings. The van der Waals surface area contributed by atoms with E-state index in [9.17, 15) is 29.4 Å². The number of rotatable bonds is 7. The molecule has 8 rings (SSSR count). The number of β-lactam (4-membered cyclic amide) rings is 1. The zero-order valence-corrected chi connectivity index (χ0v) is 23.4. The highest BCUT2D eigenvalue weighted by atomic mass is 16.4. The maximum Gasteiger partial charge on any atom is 0.235 e. The van der Waals surface area contributed by atoms with E-state index in [0.717, 1.165) is 71.5 Å². The van der Waals surface area contributed by atoms with Crippen LogP contribution in [-0.2, 0) is 20.9 Å². The van der Waals surface area contributed by atoms with Gasteiger partial charge in [-0.2, -0.15) is 0 Å². The lowest BCUT2D eigenvalue weighted by Gasteiger charge is -2.55. The highest BCUT2D eigenvalue weighted by molar-refractivity contribution is 6.22. The zero-order valence-electron chi connectivity index (χ0n) is 23.4. The van der Waals surface area contributed by atoms with Crippen LogP contribution >= 0.6 is 0 Å². The topological polar surface area (TPSA) is 115 Å². The molecule has 2 aromatic rings. The van der Waals surface area contributed by atoms with Crippen LogP contribution in [0.5, 0.6) is 0 Å². The summed E-state index contributed by atoms with van der Waals surface area (Å²) in [5, 5.41) is 22.2. The second-order valence-electron chi connectivity index (χ2n) is 12.9. The number of piperazine rings is 3. The first kappa shape index (κ1) is 26.3. The Hall–Kier alpha value is -3.66. The van der Waals surface area contributed by atoms with Gasteiger partial charge in [-0.1, -0.05) is 18.2 Å². The minimum absolute atomic E-state index is 0.0356. The summed E-state index contributed by atoms with van der Waals surface area (Å²) in [4.78, 5) is 51.3. The summed E-state index contributed by atoms with van der Waals surface area (Å²) < 4.78 is 1.91. The lowest BCUT2D eigenvalue weighted by atomic mass is 9.82. The number of carboxylic acid groups (broad SMARTS) is 1. The molecule has 41 heavy (non-hydrogen) atoms. The number of amides is 1. The minimum Gasteiger partial charge on any atom is -0.543 e. The maximum atomic E-state index is 13.5. The molecule has 0 aromatic heterocycles. The van der Waals surface area contributed by atoms with Crippen molar-refractivity contribution in [2.45, 2.75) is 39.0 Å². The van der Waals surface area contributed by atoms with Crippen molar-refractivity contribution in [2.24, 2.45) is 5.92 Å². The van der Waals surface area contributed by atoms with Crippen molar-refractivity contribution in [3.8, 4) is 11.1 Å². The van der Waals surface area contributed by atoms with Crippen LogP contribution in [0, 0.1) is 5.92 Å². The number of Topliss-reactive ketones (excluding diaryl/α,β-unsaturated/α-hetero) is 1. The Kier molecular flexibility index (Phi) is 5.71. The van der Waals surface area contributed by atoms with Crippen molar-refractivity contribution < 1.29 is 38.4 Å². The smallest absolute Gasteiger partial charge is 0.235 e.